The first-order chi connectivity index (χ1) is 21.0. The predicted molar refractivity (Wildman–Crippen MR) is 162 cm³/mol. The number of hydrazone groups is 1. The van der Waals surface area contributed by atoms with Crippen LogP contribution in [0, 0.1) is 17.0 Å². The second kappa shape index (κ2) is 12.6. The van der Waals surface area contributed by atoms with E-state index in [2.05, 4.69) is 30.3 Å². The lowest BCUT2D eigenvalue weighted by Gasteiger charge is -2.16. The van der Waals surface area contributed by atoms with Gasteiger partial charge in [-0.1, -0.05) is 42.1 Å². The van der Waals surface area contributed by atoms with Crippen molar-refractivity contribution in [1.29, 1.82) is 0 Å². The molecule has 1 N–H and O–H groups in total. The molecule has 0 spiro atoms. The molecule has 17 heteroatoms. The van der Waals surface area contributed by atoms with Crippen LogP contribution in [0.15, 0.2) is 83.2 Å². The highest BCUT2D eigenvalue weighted by Crippen LogP contribution is 2.35. The maximum atomic E-state index is 12.6. The van der Waals surface area contributed by atoms with Crippen molar-refractivity contribution in [2.24, 2.45) is 10.1 Å². The number of halogens is 3. The molecule has 0 aliphatic carbocycles. The molecule has 1 aliphatic heterocycles. The fraction of sp³-hybridized carbons (Fsp3) is 0.111. The Balaban J connectivity index is 1.22. The third-order valence-electron chi connectivity index (χ3n) is 5.90. The van der Waals surface area contributed by atoms with Crippen LogP contribution < -0.4 is 15.1 Å². The van der Waals surface area contributed by atoms with E-state index in [1.54, 1.807) is 43.3 Å². The van der Waals surface area contributed by atoms with Crippen molar-refractivity contribution >= 4 is 57.8 Å². The number of alkyl halides is 3. The van der Waals surface area contributed by atoms with Gasteiger partial charge in [-0.05, 0) is 60.6 Å². The van der Waals surface area contributed by atoms with Gasteiger partial charge in [0, 0.05) is 11.6 Å². The largest absolute Gasteiger partial charge is 0.573 e. The van der Waals surface area contributed by atoms with Gasteiger partial charge >= 0.3 is 6.36 Å². The van der Waals surface area contributed by atoms with Gasteiger partial charge in [-0.15, -0.1) is 18.3 Å². The number of thioether (sulfide) groups is 1. The number of hydrogen-bond donors (Lipinski definition) is 1. The fourth-order valence-corrected chi connectivity index (χ4v) is 5.02. The average molecular weight is 641 g/mol. The number of nitrogens with zero attached hydrogens (tertiary/aromatic N) is 7. The van der Waals surface area contributed by atoms with Crippen molar-refractivity contribution in [2.75, 3.05) is 10.7 Å². The Morgan fingerprint density at radius 1 is 1.16 bits per heavy atom. The van der Waals surface area contributed by atoms with E-state index in [0.717, 1.165) is 17.3 Å². The molecule has 0 atom stereocenters. The van der Waals surface area contributed by atoms with Crippen molar-refractivity contribution in [2.45, 2.75) is 13.3 Å². The Kier molecular flexibility index (Phi) is 8.68. The van der Waals surface area contributed by atoms with Gasteiger partial charge in [-0.25, -0.2) is 9.67 Å². The van der Waals surface area contributed by atoms with Gasteiger partial charge in [0.1, 0.15) is 17.8 Å². The Labute approximate surface area is 256 Å². The SMILES string of the molecule is Cc1ccc([N+](=O)[O-])c(N2C(=O)CS/C2=N\C(=S)N/N=C/c2ccc(-c3ncn(-c4ccc(OC(F)(F)F)cc4)n3)cc2)c1. The maximum absolute atomic E-state index is 12.6. The van der Waals surface area contributed by atoms with Crippen LogP contribution in [0.3, 0.4) is 0 Å². The number of carbonyl (C=O) groups excluding carboxylic acids is 1. The van der Waals surface area contributed by atoms with Crippen LogP contribution in [-0.2, 0) is 4.79 Å². The van der Waals surface area contributed by atoms with Crippen molar-refractivity contribution in [3.63, 3.8) is 0 Å². The van der Waals surface area contributed by atoms with Crippen LogP contribution >= 0.6 is 24.0 Å². The zero-order valence-corrected chi connectivity index (χ0v) is 24.1. The van der Waals surface area contributed by atoms with Gasteiger partial charge in [0.2, 0.25) is 11.0 Å². The number of aliphatic imine (C=N–C) groups is 1. The second-order valence-corrected chi connectivity index (χ2v) is 10.3. The number of thiocarbonyl (C=S) groups is 1. The lowest BCUT2D eigenvalue weighted by Crippen LogP contribution is -2.31. The molecule has 0 unspecified atom stereocenters. The molecular weight excluding hydrogens is 621 g/mol. The monoisotopic (exact) mass is 640 g/mol. The summed E-state index contributed by atoms with van der Waals surface area (Å²) in [5.41, 5.74) is 5.10. The van der Waals surface area contributed by atoms with Crippen LogP contribution in [0.5, 0.6) is 5.75 Å². The van der Waals surface area contributed by atoms with Crippen molar-refractivity contribution < 1.29 is 27.6 Å². The summed E-state index contributed by atoms with van der Waals surface area (Å²) in [5.74, 6) is -0.259. The van der Waals surface area contributed by atoms with E-state index in [1.165, 1.54) is 52.5 Å². The van der Waals surface area contributed by atoms with Gasteiger partial charge in [-0.3, -0.25) is 25.2 Å². The number of rotatable bonds is 7. The first-order valence-electron chi connectivity index (χ1n) is 12.5. The molecule has 0 saturated carbocycles. The quantitative estimate of drug-likeness (QED) is 0.122. The molecule has 2 heterocycles. The van der Waals surface area contributed by atoms with Gasteiger partial charge in [0.05, 0.1) is 22.6 Å². The van der Waals surface area contributed by atoms with E-state index in [-0.39, 0.29) is 39.1 Å². The summed E-state index contributed by atoms with van der Waals surface area (Å²) in [6.07, 6.45) is -1.85. The standard InChI is InChI=1S/C27H19F3N8O4S2/c1-16-2-11-21(38(40)41)22(12-16)37-23(39)14-44-26(37)33-25(43)34-32-13-17-3-5-18(6-4-17)24-31-15-36(35-24)19-7-9-20(10-8-19)42-27(28,29)30/h2-13,15H,14H2,1H3,(H,34,43)/b32-13+,33-26-. The number of carbonyl (C=O) groups is 1. The molecule has 224 valence electrons. The number of benzene rings is 3. The van der Waals surface area contributed by atoms with Crippen molar-refractivity contribution in [3.05, 3.63) is 94.3 Å². The first-order valence-corrected chi connectivity index (χ1v) is 13.9. The number of nitro groups is 1. The predicted octanol–water partition coefficient (Wildman–Crippen LogP) is 5.39. The number of aromatic nitrogens is 3. The number of amidine groups is 1. The Morgan fingerprint density at radius 2 is 1.89 bits per heavy atom. The first kappa shape index (κ1) is 30.3. The van der Waals surface area contributed by atoms with E-state index < -0.39 is 11.3 Å². The molecular formula is C27H19F3N8O4S2. The minimum atomic E-state index is -4.78. The highest BCUT2D eigenvalue weighted by Gasteiger charge is 2.34. The van der Waals surface area contributed by atoms with Crippen LogP contribution in [0.4, 0.5) is 24.5 Å². The van der Waals surface area contributed by atoms with Crippen molar-refractivity contribution in [1.82, 2.24) is 20.2 Å². The fourth-order valence-electron chi connectivity index (χ4n) is 3.96. The summed E-state index contributed by atoms with van der Waals surface area (Å²) in [5, 5.41) is 20.1. The molecule has 1 fully saturated rings. The number of ether oxygens (including phenoxy) is 1. The van der Waals surface area contributed by atoms with Crippen LogP contribution in [0.25, 0.3) is 17.1 Å². The van der Waals surface area contributed by atoms with Crippen LogP contribution in [0.1, 0.15) is 11.1 Å². The zero-order valence-electron chi connectivity index (χ0n) is 22.4. The molecule has 4 aromatic rings. The summed E-state index contributed by atoms with van der Waals surface area (Å²) in [6.45, 7) is 1.76. The lowest BCUT2D eigenvalue weighted by atomic mass is 10.1. The summed E-state index contributed by atoms with van der Waals surface area (Å²) >= 11 is 6.35. The minimum absolute atomic E-state index is 0.0527. The highest BCUT2D eigenvalue weighted by molar-refractivity contribution is 8.15. The highest BCUT2D eigenvalue weighted by atomic mass is 32.2. The smallest absolute Gasteiger partial charge is 0.406 e. The van der Waals surface area contributed by atoms with Crippen molar-refractivity contribution in [3.8, 4) is 22.8 Å². The molecule has 12 nitrogen and oxygen atoms in total. The van der Waals surface area contributed by atoms with E-state index in [0.29, 0.717) is 22.6 Å². The summed E-state index contributed by atoms with van der Waals surface area (Å²) < 4.78 is 42.4. The van der Waals surface area contributed by atoms with E-state index in [4.69, 9.17) is 12.2 Å². The molecule has 0 bridgehead atoms. The molecule has 0 radical (unpaired) electrons. The van der Waals surface area contributed by atoms with Gasteiger partial charge in [0.15, 0.2) is 11.0 Å². The molecule has 1 saturated heterocycles. The summed E-state index contributed by atoms with van der Waals surface area (Å²) in [7, 11) is 0. The molecule has 1 aromatic heterocycles. The Morgan fingerprint density at radius 3 is 2.57 bits per heavy atom. The third kappa shape index (κ3) is 7.24. The Bertz CT molecular complexity index is 1790. The number of nitro benzene ring substituents is 1. The topological polar surface area (TPSA) is 140 Å². The van der Waals surface area contributed by atoms with Gasteiger partial charge in [-0.2, -0.15) is 10.1 Å². The zero-order chi connectivity index (χ0) is 31.4. The van der Waals surface area contributed by atoms with Gasteiger partial charge in [0.25, 0.3) is 5.69 Å². The summed E-state index contributed by atoms with van der Waals surface area (Å²) in [4.78, 5) is 33.2. The molecule has 5 rings (SSSR count). The van der Waals surface area contributed by atoms with Crippen LogP contribution in [-0.4, -0.2) is 54.2 Å². The number of anilines is 1. The number of nitrogens with one attached hydrogen (secondary N) is 1. The molecule has 3 aromatic carbocycles. The molecule has 44 heavy (non-hydrogen) atoms. The number of amides is 1. The third-order valence-corrected chi connectivity index (χ3v) is 7.01. The van der Waals surface area contributed by atoms with E-state index in [9.17, 15) is 28.1 Å². The van der Waals surface area contributed by atoms with E-state index in [1.807, 2.05) is 0 Å². The number of aryl methyl sites for hydroxylation is 1. The summed E-state index contributed by atoms with van der Waals surface area (Å²) in [6, 6.07) is 16.7. The Hall–Kier alpha value is -5.16. The molecule has 1 amide bonds. The number of hydrogen-bond acceptors (Lipinski definition) is 9. The molecule has 1 aliphatic rings. The average Bonchev–Trinajstić information content (AvgIpc) is 3.60. The van der Waals surface area contributed by atoms with E-state index >= 15 is 0 Å². The maximum Gasteiger partial charge on any atom is 0.573 e. The van der Waals surface area contributed by atoms with Crippen LogP contribution in [0.2, 0.25) is 0 Å². The minimum Gasteiger partial charge on any atom is -0.406 e. The van der Waals surface area contributed by atoms with Gasteiger partial charge < -0.3 is 4.74 Å². The lowest BCUT2D eigenvalue weighted by molar-refractivity contribution is -0.384. The second-order valence-electron chi connectivity index (χ2n) is 9.01. The normalized spacial score (nSPS) is 14.4.